The lowest BCUT2D eigenvalue weighted by molar-refractivity contribution is 0.164. The fourth-order valence-corrected chi connectivity index (χ4v) is 0.507. The van der Waals surface area contributed by atoms with Gasteiger partial charge >= 0.3 is 6.09 Å². The normalized spacial score (nSPS) is 15.4. The number of nitrogens with zero attached hydrogens (tertiary/aromatic N) is 2. The molecule has 52 valence electrons. The zero-order chi connectivity index (χ0) is 7.40. The highest BCUT2D eigenvalue weighted by atomic mass is 16.4. The summed E-state index contributed by atoms with van der Waals surface area (Å²) in [5.41, 5.74) is 0. The number of hydrogen-bond acceptors (Lipinski definition) is 2. The van der Waals surface area contributed by atoms with E-state index < -0.39 is 6.09 Å². The first kappa shape index (κ1) is 6.54. The van der Waals surface area contributed by atoms with Gasteiger partial charge in [0.15, 0.2) is 0 Å². The van der Waals surface area contributed by atoms with Crippen LogP contribution in [0.4, 0.5) is 4.79 Å². The molecule has 0 fully saturated rings. The molecule has 1 rings (SSSR count). The Morgan fingerprint density at radius 1 is 1.40 bits per heavy atom. The quantitative estimate of drug-likeness (QED) is 0.543. The van der Waals surface area contributed by atoms with Crippen molar-refractivity contribution in [1.29, 1.82) is 0 Å². The summed E-state index contributed by atoms with van der Waals surface area (Å²) in [5.74, 6) is 0. The number of allylic oxidation sites excluding steroid dienone is 3. The van der Waals surface area contributed by atoms with Gasteiger partial charge in [0.1, 0.15) is 0 Å². The molecule has 1 aliphatic rings. The van der Waals surface area contributed by atoms with Crippen molar-refractivity contribution in [1.82, 2.24) is 5.01 Å². The summed E-state index contributed by atoms with van der Waals surface area (Å²) in [7, 11) is 0. The first-order valence-corrected chi connectivity index (χ1v) is 2.70. The van der Waals surface area contributed by atoms with E-state index in [0.29, 0.717) is 0 Å². The second kappa shape index (κ2) is 2.82. The van der Waals surface area contributed by atoms with E-state index in [-0.39, 0.29) is 0 Å². The molecular weight excluding hydrogens is 132 g/mol. The topological polar surface area (TPSA) is 52.9 Å². The van der Waals surface area contributed by atoms with Crippen molar-refractivity contribution in [3.63, 3.8) is 0 Å². The van der Waals surface area contributed by atoms with Gasteiger partial charge in [-0.2, -0.15) is 10.1 Å². The van der Waals surface area contributed by atoms with E-state index in [1.54, 1.807) is 18.2 Å². The fourth-order valence-electron chi connectivity index (χ4n) is 0.507. The third-order valence-corrected chi connectivity index (χ3v) is 0.923. The summed E-state index contributed by atoms with van der Waals surface area (Å²) < 4.78 is 0. The minimum atomic E-state index is -1.09. The molecule has 0 bridgehead atoms. The van der Waals surface area contributed by atoms with E-state index in [0.717, 1.165) is 5.01 Å². The summed E-state index contributed by atoms with van der Waals surface area (Å²) in [5, 5.41) is 12.8. The highest BCUT2D eigenvalue weighted by molar-refractivity contribution is 5.75. The van der Waals surface area contributed by atoms with Gasteiger partial charge < -0.3 is 5.11 Å². The predicted molar refractivity (Wildman–Crippen MR) is 36.6 cm³/mol. The maximum Gasteiger partial charge on any atom is 0.432 e. The average molecular weight is 138 g/mol. The summed E-state index contributed by atoms with van der Waals surface area (Å²) in [6.45, 7) is 0. The first-order chi connectivity index (χ1) is 4.80. The van der Waals surface area contributed by atoms with Gasteiger partial charge in [-0.15, -0.1) is 0 Å². The Morgan fingerprint density at radius 2 is 2.20 bits per heavy atom. The van der Waals surface area contributed by atoms with Crippen molar-refractivity contribution < 1.29 is 9.90 Å². The minimum absolute atomic E-state index is 0.833. The number of carbonyl (C=O) groups is 1. The van der Waals surface area contributed by atoms with Gasteiger partial charge in [-0.3, -0.25) is 0 Å². The highest BCUT2D eigenvalue weighted by Gasteiger charge is 2.03. The monoisotopic (exact) mass is 138 g/mol. The molecule has 0 aromatic carbocycles. The molecule has 1 heterocycles. The van der Waals surface area contributed by atoms with E-state index in [1.165, 1.54) is 12.4 Å². The van der Waals surface area contributed by atoms with Crippen LogP contribution in [-0.2, 0) is 0 Å². The molecule has 0 radical (unpaired) electrons. The summed E-state index contributed by atoms with van der Waals surface area (Å²) in [6.07, 6.45) is 6.64. The third kappa shape index (κ3) is 1.45. The van der Waals surface area contributed by atoms with Gasteiger partial charge in [0.25, 0.3) is 0 Å². The van der Waals surface area contributed by atoms with Crippen LogP contribution in [0, 0.1) is 0 Å². The van der Waals surface area contributed by atoms with Crippen LogP contribution in [0.5, 0.6) is 0 Å². The maximum atomic E-state index is 10.2. The molecule has 0 saturated heterocycles. The molecule has 0 spiro atoms. The number of hydrogen-bond donors (Lipinski definition) is 1. The van der Waals surface area contributed by atoms with E-state index in [2.05, 4.69) is 5.10 Å². The molecule has 0 aromatic heterocycles. The van der Waals surface area contributed by atoms with E-state index in [4.69, 9.17) is 5.11 Å². The Balaban J connectivity index is 2.72. The Kier molecular flexibility index (Phi) is 1.84. The Bertz CT molecular complexity index is 202. The maximum absolute atomic E-state index is 10.2. The number of rotatable bonds is 0. The van der Waals surface area contributed by atoms with Crippen LogP contribution < -0.4 is 0 Å². The second-order valence-electron chi connectivity index (χ2n) is 1.62. The molecule has 0 aromatic rings. The molecule has 0 atom stereocenters. The molecule has 10 heavy (non-hydrogen) atoms. The lowest BCUT2D eigenvalue weighted by atomic mass is 10.5. The SMILES string of the molecule is O=C(O)N1C=CC=CC=N1. The molecule has 1 N–H and O–H groups in total. The fraction of sp³-hybridized carbons (Fsp3) is 0. The van der Waals surface area contributed by atoms with Crippen molar-refractivity contribution in [3.05, 3.63) is 24.4 Å². The van der Waals surface area contributed by atoms with Crippen LogP contribution >= 0.6 is 0 Å². The standard InChI is InChI=1S/C6H6N2O2/c9-6(10)8-5-3-1-2-4-7-8/h1-5H,(H,9,10). The van der Waals surface area contributed by atoms with Crippen molar-refractivity contribution in [2.24, 2.45) is 5.10 Å². The molecule has 0 unspecified atom stereocenters. The van der Waals surface area contributed by atoms with Gasteiger partial charge in [-0.1, -0.05) is 6.08 Å². The van der Waals surface area contributed by atoms with Crippen LogP contribution in [0.15, 0.2) is 29.5 Å². The molecule has 4 nitrogen and oxygen atoms in total. The smallest absolute Gasteiger partial charge is 0.432 e. The predicted octanol–water partition coefficient (Wildman–Crippen LogP) is 1.04. The molecule has 1 amide bonds. The van der Waals surface area contributed by atoms with Gasteiger partial charge in [0.05, 0.1) is 0 Å². The van der Waals surface area contributed by atoms with Crippen molar-refractivity contribution in [2.75, 3.05) is 0 Å². The average Bonchev–Trinajstić information content (AvgIpc) is 2.12. The van der Waals surface area contributed by atoms with Gasteiger partial charge in [0.2, 0.25) is 0 Å². The number of amides is 1. The molecule has 0 aliphatic carbocycles. The lowest BCUT2D eigenvalue weighted by Crippen LogP contribution is -2.16. The zero-order valence-electron chi connectivity index (χ0n) is 5.14. The van der Waals surface area contributed by atoms with Crippen LogP contribution in [-0.4, -0.2) is 22.4 Å². The van der Waals surface area contributed by atoms with Gasteiger partial charge in [-0.05, 0) is 12.2 Å². The van der Waals surface area contributed by atoms with Crippen molar-refractivity contribution >= 4 is 12.3 Å². The molecular formula is C6H6N2O2. The van der Waals surface area contributed by atoms with E-state index in [9.17, 15) is 4.79 Å². The van der Waals surface area contributed by atoms with Gasteiger partial charge in [-0.25, -0.2) is 4.79 Å². The van der Waals surface area contributed by atoms with Crippen molar-refractivity contribution in [2.45, 2.75) is 0 Å². The Labute approximate surface area is 57.8 Å². The second-order valence-corrected chi connectivity index (χ2v) is 1.62. The lowest BCUT2D eigenvalue weighted by Gasteiger charge is -2.03. The van der Waals surface area contributed by atoms with Crippen LogP contribution in [0.1, 0.15) is 0 Å². The molecule has 4 heteroatoms. The van der Waals surface area contributed by atoms with E-state index in [1.807, 2.05) is 0 Å². The summed E-state index contributed by atoms with van der Waals surface area (Å²) in [6, 6.07) is 0. The third-order valence-electron chi connectivity index (χ3n) is 0.923. The summed E-state index contributed by atoms with van der Waals surface area (Å²) >= 11 is 0. The molecule has 1 aliphatic heterocycles. The van der Waals surface area contributed by atoms with Crippen LogP contribution in [0.2, 0.25) is 0 Å². The highest BCUT2D eigenvalue weighted by Crippen LogP contribution is 1.94. The number of hydrazone groups is 1. The van der Waals surface area contributed by atoms with Crippen LogP contribution in [0.25, 0.3) is 0 Å². The zero-order valence-corrected chi connectivity index (χ0v) is 5.14. The first-order valence-electron chi connectivity index (χ1n) is 2.70. The summed E-state index contributed by atoms with van der Waals surface area (Å²) in [4.78, 5) is 10.2. The number of carboxylic acid groups (broad SMARTS) is 1. The largest absolute Gasteiger partial charge is 0.463 e. The molecule has 0 saturated carbocycles. The van der Waals surface area contributed by atoms with E-state index >= 15 is 0 Å². The minimum Gasteiger partial charge on any atom is -0.463 e. The van der Waals surface area contributed by atoms with Gasteiger partial charge in [0, 0.05) is 12.4 Å². The van der Waals surface area contributed by atoms with Crippen molar-refractivity contribution in [3.8, 4) is 0 Å². The Morgan fingerprint density at radius 3 is 2.90 bits per heavy atom. The van der Waals surface area contributed by atoms with Crippen LogP contribution in [0.3, 0.4) is 0 Å². The Hall–Kier alpha value is -1.58.